The summed E-state index contributed by atoms with van der Waals surface area (Å²) in [7, 11) is 0. The van der Waals surface area contributed by atoms with Gasteiger partial charge in [0.1, 0.15) is 17.9 Å². The average molecular weight is 426 g/mol. The molecule has 2 atom stereocenters. The Hall–Kier alpha value is -3.46. The second-order valence-electron chi connectivity index (χ2n) is 7.29. The first-order valence-corrected chi connectivity index (χ1v) is 10.1. The maximum absolute atomic E-state index is 12.9. The maximum atomic E-state index is 12.9. The average Bonchev–Trinajstić information content (AvgIpc) is 2.79. The largest absolute Gasteiger partial charge is 0.480 e. The number of benzene rings is 1. The molecule has 1 aliphatic rings. The molecule has 9 nitrogen and oxygen atoms in total. The fourth-order valence-electron chi connectivity index (χ4n) is 3.20. The van der Waals surface area contributed by atoms with E-state index in [1.807, 2.05) is 35.2 Å². The number of amides is 2. The first kappa shape index (κ1) is 22.2. The molecule has 1 fully saturated rings. The molecule has 0 aliphatic carbocycles. The number of rotatable bonds is 8. The van der Waals surface area contributed by atoms with Gasteiger partial charge in [0, 0.05) is 31.3 Å². The second-order valence-corrected chi connectivity index (χ2v) is 7.29. The topological polar surface area (TPSA) is 121 Å². The summed E-state index contributed by atoms with van der Waals surface area (Å²) in [6.07, 6.45) is 1.78. The zero-order valence-corrected chi connectivity index (χ0v) is 17.3. The van der Waals surface area contributed by atoms with Gasteiger partial charge in [0.25, 0.3) is 5.91 Å². The number of ether oxygens (including phenoxy) is 1. The summed E-state index contributed by atoms with van der Waals surface area (Å²) < 4.78 is 5.35. The number of anilines is 1. The van der Waals surface area contributed by atoms with Crippen LogP contribution in [0.3, 0.4) is 0 Å². The van der Waals surface area contributed by atoms with Gasteiger partial charge in [-0.2, -0.15) is 0 Å². The van der Waals surface area contributed by atoms with Crippen molar-refractivity contribution in [1.29, 1.82) is 0 Å². The van der Waals surface area contributed by atoms with E-state index in [-0.39, 0.29) is 6.42 Å². The highest BCUT2D eigenvalue weighted by Gasteiger charge is 2.25. The Morgan fingerprint density at radius 1 is 1.13 bits per heavy atom. The van der Waals surface area contributed by atoms with Crippen molar-refractivity contribution < 1.29 is 24.2 Å². The Kier molecular flexibility index (Phi) is 7.55. The number of aromatic nitrogens is 1. The highest BCUT2D eigenvalue weighted by Crippen LogP contribution is 2.15. The van der Waals surface area contributed by atoms with Crippen LogP contribution in [0.4, 0.5) is 5.82 Å². The lowest BCUT2D eigenvalue weighted by atomic mass is 10.0. The summed E-state index contributed by atoms with van der Waals surface area (Å²) in [5.74, 6) is -1.48. The van der Waals surface area contributed by atoms with Crippen molar-refractivity contribution in [3.8, 4) is 0 Å². The van der Waals surface area contributed by atoms with E-state index in [1.54, 1.807) is 18.3 Å². The van der Waals surface area contributed by atoms with Gasteiger partial charge in [0.15, 0.2) is 0 Å². The van der Waals surface area contributed by atoms with Crippen LogP contribution in [-0.4, -0.2) is 66.3 Å². The fourth-order valence-corrected chi connectivity index (χ4v) is 3.20. The highest BCUT2D eigenvalue weighted by atomic mass is 16.5. The normalized spacial score (nSPS) is 15.6. The number of hydrogen-bond donors (Lipinski definition) is 3. The van der Waals surface area contributed by atoms with Crippen LogP contribution in [0.15, 0.2) is 48.7 Å². The Morgan fingerprint density at radius 3 is 2.52 bits per heavy atom. The van der Waals surface area contributed by atoms with Crippen LogP contribution in [0.2, 0.25) is 0 Å². The van der Waals surface area contributed by atoms with Crippen molar-refractivity contribution in [3.63, 3.8) is 0 Å². The van der Waals surface area contributed by atoms with Gasteiger partial charge in [0.05, 0.1) is 13.2 Å². The summed E-state index contributed by atoms with van der Waals surface area (Å²) in [5.41, 5.74) is 1.21. The number of nitrogens with zero attached hydrogens (tertiary/aromatic N) is 2. The number of hydrogen-bond acceptors (Lipinski definition) is 6. The zero-order chi connectivity index (χ0) is 22.2. The summed E-state index contributed by atoms with van der Waals surface area (Å²) in [5, 5.41) is 14.3. The van der Waals surface area contributed by atoms with Crippen LogP contribution < -0.4 is 15.5 Å². The molecule has 31 heavy (non-hydrogen) atoms. The molecule has 0 saturated carbocycles. The van der Waals surface area contributed by atoms with Crippen LogP contribution >= 0.6 is 0 Å². The smallest absolute Gasteiger partial charge is 0.325 e. The number of morpholine rings is 1. The molecule has 0 unspecified atom stereocenters. The molecule has 3 rings (SSSR count). The minimum Gasteiger partial charge on any atom is -0.480 e. The molecule has 2 heterocycles. The molecule has 0 bridgehead atoms. The molecule has 2 aromatic rings. The van der Waals surface area contributed by atoms with Gasteiger partial charge < -0.3 is 25.4 Å². The van der Waals surface area contributed by atoms with E-state index < -0.39 is 29.9 Å². The molecule has 2 amide bonds. The number of aliphatic carboxylic acids is 1. The Balaban J connectivity index is 1.75. The summed E-state index contributed by atoms with van der Waals surface area (Å²) in [6, 6.07) is 10.5. The van der Waals surface area contributed by atoms with Gasteiger partial charge in [-0.25, -0.2) is 4.98 Å². The van der Waals surface area contributed by atoms with Gasteiger partial charge in [-0.1, -0.05) is 30.3 Å². The van der Waals surface area contributed by atoms with Crippen LogP contribution in [0.5, 0.6) is 0 Å². The first-order valence-electron chi connectivity index (χ1n) is 10.1. The fraction of sp³-hybridized carbons (Fsp3) is 0.364. The van der Waals surface area contributed by atoms with Crippen molar-refractivity contribution in [2.45, 2.75) is 25.4 Å². The maximum Gasteiger partial charge on any atom is 0.325 e. The number of carbonyl (C=O) groups is 3. The molecule has 0 spiro atoms. The Morgan fingerprint density at radius 2 is 1.84 bits per heavy atom. The van der Waals surface area contributed by atoms with Crippen molar-refractivity contribution in [1.82, 2.24) is 15.6 Å². The van der Waals surface area contributed by atoms with E-state index in [2.05, 4.69) is 15.6 Å². The Bertz CT molecular complexity index is 915. The first-order chi connectivity index (χ1) is 14.9. The molecule has 1 aromatic carbocycles. The standard InChI is InChI=1S/C22H26N4O5/c1-15(22(29)30)24-21(28)18(13-16-5-3-2-4-6-16)25-20(27)17-7-8-23-19(14-17)26-9-11-31-12-10-26/h2-8,14-15,18H,9-13H2,1H3,(H,24,28)(H,25,27)(H,29,30)/t15-,18-/m0/s1. The quantitative estimate of drug-likeness (QED) is 0.572. The van der Waals surface area contributed by atoms with Crippen molar-refractivity contribution in [2.24, 2.45) is 0 Å². The molecular weight excluding hydrogens is 400 g/mol. The predicted molar refractivity (Wildman–Crippen MR) is 114 cm³/mol. The molecule has 0 radical (unpaired) electrons. The lowest BCUT2D eigenvalue weighted by Crippen LogP contribution is -2.51. The van der Waals surface area contributed by atoms with Gasteiger partial charge in [-0.05, 0) is 24.6 Å². The van der Waals surface area contributed by atoms with Gasteiger partial charge in [0.2, 0.25) is 5.91 Å². The Labute approximate surface area is 180 Å². The predicted octanol–water partition coefficient (Wildman–Crippen LogP) is 0.849. The van der Waals surface area contributed by atoms with Gasteiger partial charge in [-0.15, -0.1) is 0 Å². The molecule has 1 aromatic heterocycles. The second kappa shape index (κ2) is 10.5. The number of carboxylic acid groups (broad SMARTS) is 1. The van der Waals surface area contributed by atoms with E-state index in [0.29, 0.717) is 37.7 Å². The lowest BCUT2D eigenvalue weighted by Gasteiger charge is -2.28. The molecule has 164 valence electrons. The summed E-state index contributed by atoms with van der Waals surface area (Å²) in [4.78, 5) is 43.1. The molecule has 3 N–H and O–H groups in total. The van der Waals surface area contributed by atoms with E-state index >= 15 is 0 Å². The van der Waals surface area contributed by atoms with E-state index in [1.165, 1.54) is 6.92 Å². The molecular formula is C22H26N4O5. The summed E-state index contributed by atoms with van der Waals surface area (Å²) >= 11 is 0. The van der Waals surface area contributed by atoms with Crippen LogP contribution in [0, 0.1) is 0 Å². The van der Waals surface area contributed by atoms with Crippen molar-refractivity contribution >= 4 is 23.6 Å². The van der Waals surface area contributed by atoms with E-state index in [9.17, 15) is 14.4 Å². The summed E-state index contributed by atoms with van der Waals surface area (Å²) in [6.45, 7) is 3.94. The minimum absolute atomic E-state index is 0.228. The van der Waals surface area contributed by atoms with Crippen molar-refractivity contribution in [3.05, 3.63) is 59.8 Å². The molecule has 9 heteroatoms. The van der Waals surface area contributed by atoms with E-state index in [0.717, 1.165) is 5.56 Å². The van der Waals surface area contributed by atoms with Crippen LogP contribution in [0.25, 0.3) is 0 Å². The lowest BCUT2D eigenvalue weighted by molar-refractivity contribution is -0.141. The number of pyridine rings is 1. The van der Waals surface area contributed by atoms with Gasteiger partial charge in [-0.3, -0.25) is 14.4 Å². The minimum atomic E-state index is -1.15. The third-order valence-electron chi connectivity index (χ3n) is 4.98. The van der Waals surface area contributed by atoms with Gasteiger partial charge >= 0.3 is 5.97 Å². The SMILES string of the molecule is C[C@H](NC(=O)[C@H](Cc1ccccc1)NC(=O)c1ccnc(N2CCOCC2)c1)C(=O)O. The molecule has 1 saturated heterocycles. The number of carboxylic acids is 1. The van der Waals surface area contributed by atoms with E-state index in [4.69, 9.17) is 9.84 Å². The number of carbonyl (C=O) groups excluding carboxylic acids is 2. The van der Waals surface area contributed by atoms with Crippen molar-refractivity contribution in [2.75, 3.05) is 31.2 Å². The third-order valence-corrected chi connectivity index (χ3v) is 4.98. The number of nitrogens with one attached hydrogen (secondary N) is 2. The van der Waals surface area contributed by atoms with Crippen LogP contribution in [-0.2, 0) is 20.7 Å². The zero-order valence-electron chi connectivity index (χ0n) is 17.3. The highest BCUT2D eigenvalue weighted by molar-refractivity contribution is 5.98. The monoisotopic (exact) mass is 426 g/mol. The molecule has 1 aliphatic heterocycles. The van der Waals surface area contributed by atoms with Crippen LogP contribution in [0.1, 0.15) is 22.8 Å². The third kappa shape index (κ3) is 6.26.